The summed E-state index contributed by atoms with van der Waals surface area (Å²) < 4.78 is 5.66. The zero-order valence-corrected chi connectivity index (χ0v) is 11.6. The molecule has 22 heavy (non-hydrogen) atoms. The number of hydrogen-bond acceptors (Lipinski definition) is 5. The highest BCUT2D eigenvalue weighted by Gasteiger charge is 2.23. The minimum absolute atomic E-state index is 0.0895. The number of ether oxygens (including phenoxy) is 1. The first-order valence-electron chi connectivity index (χ1n) is 6.29. The van der Waals surface area contributed by atoms with Gasteiger partial charge in [0.25, 0.3) is 0 Å². The lowest BCUT2D eigenvalue weighted by Crippen LogP contribution is -2.36. The first kappa shape index (κ1) is 15.3. The van der Waals surface area contributed by atoms with Crippen LogP contribution in [0.4, 0.5) is 4.79 Å². The molecule has 2 aromatic rings. The van der Waals surface area contributed by atoms with Gasteiger partial charge in [0, 0.05) is 0 Å². The number of nitrogens with one attached hydrogen (secondary N) is 1. The highest BCUT2D eigenvalue weighted by Crippen LogP contribution is 2.01. The predicted molar refractivity (Wildman–Crippen MR) is 73.7 cm³/mol. The number of aromatic nitrogens is 3. The van der Waals surface area contributed by atoms with Gasteiger partial charge in [0.1, 0.15) is 12.6 Å². The lowest BCUT2D eigenvalue weighted by atomic mass is 10.2. The van der Waals surface area contributed by atoms with E-state index in [1.54, 1.807) is 30.3 Å². The fraction of sp³-hybridized carbons (Fsp3) is 0.231. The van der Waals surface area contributed by atoms with E-state index in [4.69, 9.17) is 9.84 Å². The van der Waals surface area contributed by atoms with Crippen molar-refractivity contribution in [1.29, 1.82) is 0 Å². The van der Waals surface area contributed by atoms with Crippen molar-refractivity contribution in [1.82, 2.24) is 14.3 Å². The van der Waals surface area contributed by atoms with Gasteiger partial charge in [-0.05, 0) is 12.5 Å². The Balaban J connectivity index is 2.21. The lowest BCUT2D eigenvalue weighted by molar-refractivity contribution is -0.140. The minimum Gasteiger partial charge on any atom is -0.480 e. The molecule has 0 aliphatic heterocycles. The van der Waals surface area contributed by atoms with Crippen molar-refractivity contribution in [3.05, 3.63) is 56.9 Å². The molecule has 9 nitrogen and oxygen atoms in total. The summed E-state index contributed by atoms with van der Waals surface area (Å²) >= 11 is 0. The van der Waals surface area contributed by atoms with E-state index in [0.717, 1.165) is 6.92 Å². The second-order valence-electron chi connectivity index (χ2n) is 4.46. The van der Waals surface area contributed by atoms with E-state index >= 15 is 0 Å². The Bertz CT molecular complexity index is 801. The van der Waals surface area contributed by atoms with Crippen LogP contribution in [0.15, 0.2) is 39.9 Å². The summed E-state index contributed by atoms with van der Waals surface area (Å²) in [6.45, 7) is 1.06. The molecule has 0 spiro atoms. The van der Waals surface area contributed by atoms with Gasteiger partial charge in [0.2, 0.25) is 0 Å². The molecule has 0 fully saturated rings. The summed E-state index contributed by atoms with van der Waals surface area (Å²) in [7, 11) is 0. The van der Waals surface area contributed by atoms with E-state index in [1.807, 2.05) is 5.10 Å². The Morgan fingerprint density at radius 2 is 1.91 bits per heavy atom. The quantitative estimate of drug-likeness (QED) is 0.829. The van der Waals surface area contributed by atoms with Gasteiger partial charge in [-0.2, -0.15) is 0 Å². The second kappa shape index (κ2) is 6.12. The normalized spacial score (nSPS) is 11.9. The number of aliphatic carboxylic acids is 1. The average Bonchev–Trinajstić information content (AvgIpc) is 2.80. The number of hydrogen-bond donors (Lipinski definition) is 2. The Kier molecular flexibility index (Phi) is 4.25. The predicted octanol–water partition coefficient (Wildman–Crippen LogP) is 0.169. The lowest BCUT2D eigenvalue weighted by Gasteiger charge is -2.05. The topological polar surface area (TPSA) is 123 Å². The average molecular weight is 307 g/mol. The molecule has 0 unspecified atom stereocenters. The summed E-state index contributed by atoms with van der Waals surface area (Å²) in [4.78, 5) is 46.2. The molecular weight excluding hydrogens is 294 g/mol. The highest BCUT2D eigenvalue weighted by molar-refractivity contribution is 5.72. The highest BCUT2D eigenvalue weighted by atomic mass is 16.6. The van der Waals surface area contributed by atoms with E-state index in [9.17, 15) is 19.2 Å². The van der Waals surface area contributed by atoms with Gasteiger partial charge in [0.15, 0.2) is 0 Å². The van der Waals surface area contributed by atoms with Crippen molar-refractivity contribution >= 4 is 12.1 Å². The van der Waals surface area contributed by atoms with Crippen LogP contribution in [0.3, 0.4) is 0 Å². The zero-order chi connectivity index (χ0) is 16.3. The maximum Gasteiger partial charge on any atom is 0.437 e. The van der Waals surface area contributed by atoms with Gasteiger partial charge < -0.3 is 9.84 Å². The van der Waals surface area contributed by atoms with E-state index in [-0.39, 0.29) is 6.61 Å². The van der Waals surface area contributed by atoms with Crippen LogP contribution in [0.25, 0.3) is 0 Å². The van der Waals surface area contributed by atoms with Gasteiger partial charge >= 0.3 is 23.4 Å². The van der Waals surface area contributed by atoms with Crippen LogP contribution in [0.1, 0.15) is 18.5 Å². The zero-order valence-electron chi connectivity index (χ0n) is 11.6. The Morgan fingerprint density at radius 3 is 2.50 bits per heavy atom. The van der Waals surface area contributed by atoms with Crippen molar-refractivity contribution in [2.75, 3.05) is 0 Å². The molecule has 0 aliphatic rings. The minimum atomic E-state index is -1.40. The van der Waals surface area contributed by atoms with Crippen LogP contribution in [-0.2, 0) is 16.1 Å². The molecule has 2 N–H and O–H groups in total. The van der Waals surface area contributed by atoms with E-state index in [0.29, 0.717) is 14.8 Å². The van der Waals surface area contributed by atoms with E-state index in [2.05, 4.69) is 0 Å². The molecule has 1 aromatic heterocycles. The number of carboxylic acids is 1. The van der Waals surface area contributed by atoms with Gasteiger partial charge in [-0.25, -0.2) is 28.8 Å². The third-order valence-corrected chi connectivity index (χ3v) is 2.96. The van der Waals surface area contributed by atoms with Crippen molar-refractivity contribution in [3.63, 3.8) is 0 Å². The molecule has 116 valence electrons. The molecule has 0 amide bonds. The number of nitrogens with zero attached hydrogens (tertiary/aromatic N) is 2. The smallest absolute Gasteiger partial charge is 0.437 e. The largest absolute Gasteiger partial charge is 0.480 e. The van der Waals surface area contributed by atoms with Gasteiger partial charge in [0.05, 0.1) is 0 Å². The Hall–Kier alpha value is -3.10. The third kappa shape index (κ3) is 2.97. The maximum atomic E-state index is 11.9. The van der Waals surface area contributed by atoms with Crippen LogP contribution in [-0.4, -0.2) is 31.5 Å². The molecule has 2 rings (SSSR count). The van der Waals surface area contributed by atoms with Gasteiger partial charge in [-0.1, -0.05) is 30.3 Å². The number of rotatable bonds is 4. The van der Waals surface area contributed by atoms with Crippen LogP contribution < -0.4 is 11.4 Å². The number of aromatic amines is 1. The third-order valence-electron chi connectivity index (χ3n) is 2.96. The number of carbonyl (C=O) groups excluding carboxylic acids is 1. The second-order valence-corrected chi connectivity index (χ2v) is 4.46. The maximum absolute atomic E-state index is 11.9. The van der Waals surface area contributed by atoms with Crippen LogP contribution in [0, 0.1) is 0 Å². The standard InChI is InChI=1S/C13H13N3O6/c1-8(10(17)18)15-11(19)14-16(12(15)20)13(21)22-7-9-5-3-2-4-6-9/h2-6,8H,7H2,1H3,(H,14,19)(H,17,18)/t8-/m0/s1. The fourth-order valence-corrected chi connectivity index (χ4v) is 1.75. The first-order valence-corrected chi connectivity index (χ1v) is 6.29. The number of H-pyrrole nitrogens is 1. The van der Waals surface area contributed by atoms with Crippen molar-refractivity contribution in [2.45, 2.75) is 19.6 Å². The monoisotopic (exact) mass is 307 g/mol. The SMILES string of the molecule is C[C@@H](C(=O)O)n1c(=O)[nH]n(C(=O)OCc2ccccc2)c1=O. The number of benzene rings is 1. The number of carbonyl (C=O) groups is 2. The van der Waals surface area contributed by atoms with Crippen LogP contribution in [0.2, 0.25) is 0 Å². The van der Waals surface area contributed by atoms with E-state index in [1.165, 1.54) is 0 Å². The Morgan fingerprint density at radius 1 is 1.27 bits per heavy atom. The molecule has 1 aromatic carbocycles. The van der Waals surface area contributed by atoms with Gasteiger partial charge in [-0.15, -0.1) is 4.68 Å². The molecule has 1 heterocycles. The molecule has 0 aliphatic carbocycles. The number of carboxylic acid groups (broad SMARTS) is 1. The van der Waals surface area contributed by atoms with Crippen molar-refractivity contribution in [2.24, 2.45) is 0 Å². The van der Waals surface area contributed by atoms with E-state index < -0.39 is 29.5 Å². The van der Waals surface area contributed by atoms with Crippen LogP contribution >= 0.6 is 0 Å². The summed E-state index contributed by atoms with van der Waals surface area (Å²) in [5.41, 5.74) is -1.40. The van der Waals surface area contributed by atoms with Crippen molar-refractivity contribution < 1.29 is 19.4 Å². The Labute approximate surface area is 123 Å². The molecule has 0 bridgehead atoms. The summed E-state index contributed by atoms with van der Waals surface area (Å²) in [6, 6.07) is 7.33. The van der Waals surface area contributed by atoms with Gasteiger partial charge in [-0.3, -0.25) is 0 Å². The summed E-state index contributed by atoms with van der Waals surface area (Å²) in [5.74, 6) is -1.37. The molecule has 0 saturated heterocycles. The van der Waals surface area contributed by atoms with Crippen molar-refractivity contribution in [3.8, 4) is 0 Å². The first-order chi connectivity index (χ1) is 10.4. The summed E-state index contributed by atoms with van der Waals surface area (Å²) in [5, 5.41) is 10.8. The molecular formula is C13H13N3O6. The molecule has 1 atom stereocenters. The fourth-order valence-electron chi connectivity index (χ4n) is 1.75. The molecule has 9 heteroatoms. The molecule has 0 saturated carbocycles. The summed E-state index contributed by atoms with van der Waals surface area (Å²) in [6.07, 6.45) is -1.10. The van der Waals surface area contributed by atoms with Crippen LogP contribution in [0.5, 0.6) is 0 Å². The molecule has 0 radical (unpaired) electrons.